The summed E-state index contributed by atoms with van der Waals surface area (Å²) in [6.07, 6.45) is 0. The van der Waals surface area contributed by atoms with E-state index in [1.165, 1.54) is 6.07 Å². The number of hydrogen-bond donors (Lipinski definition) is 1. The molecule has 0 bridgehead atoms. The number of aryl methyl sites for hydroxylation is 3. The second-order valence-corrected chi connectivity index (χ2v) is 4.12. The molecule has 0 aliphatic carbocycles. The predicted molar refractivity (Wildman–Crippen MR) is 65.1 cm³/mol. The van der Waals surface area contributed by atoms with E-state index in [0.717, 1.165) is 0 Å². The lowest BCUT2D eigenvalue weighted by molar-refractivity contribution is 0.102. The molecule has 1 aromatic carbocycles. The van der Waals surface area contributed by atoms with Crippen LogP contribution >= 0.6 is 0 Å². The highest BCUT2D eigenvalue weighted by Gasteiger charge is 2.14. The van der Waals surface area contributed by atoms with Gasteiger partial charge >= 0.3 is 0 Å². The van der Waals surface area contributed by atoms with Crippen molar-refractivity contribution >= 4 is 11.6 Å². The molecule has 1 amide bonds. The maximum Gasteiger partial charge on any atom is 0.255 e. The Morgan fingerprint density at radius 1 is 1.33 bits per heavy atom. The number of anilines is 1. The number of amides is 1. The van der Waals surface area contributed by atoms with Gasteiger partial charge in [-0.05, 0) is 38.5 Å². The first-order valence-electron chi connectivity index (χ1n) is 5.49. The second kappa shape index (κ2) is 4.60. The highest BCUT2D eigenvalue weighted by Crippen LogP contribution is 2.20. The quantitative estimate of drug-likeness (QED) is 0.888. The number of rotatable bonds is 2. The van der Waals surface area contributed by atoms with Crippen LogP contribution in [0, 0.1) is 26.6 Å². The second-order valence-electron chi connectivity index (χ2n) is 4.12. The van der Waals surface area contributed by atoms with Crippen LogP contribution in [0.25, 0.3) is 0 Å². The molecule has 0 spiro atoms. The van der Waals surface area contributed by atoms with Crippen molar-refractivity contribution in [3.63, 3.8) is 0 Å². The molecule has 5 heteroatoms. The fraction of sp³-hybridized carbons (Fsp3) is 0.231. The van der Waals surface area contributed by atoms with Crippen LogP contribution in [0.4, 0.5) is 10.1 Å². The molecule has 0 atom stereocenters. The van der Waals surface area contributed by atoms with E-state index in [1.54, 1.807) is 32.9 Å². The van der Waals surface area contributed by atoms with Crippen LogP contribution in [-0.4, -0.2) is 11.1 Å². The molecule has 2 rings (SSSR count). The summed E-state index contributed by atoms with van der Waals surface area (Å²) in [6.45, 7) is 5.07. The van der Waals surface area contributed by atoms with Gasteiger partial charge in [0.25, 0.3) is 5.91 Å². The van der Waals surface area contributed by atoms with Crippen molar-refractivity contribution in [1.29, 1.82) is 0 Å². The van der Waals surface area contributed by atoms with E-state index in [0.29, 0.717) is 22.7 Å². The molecule has 1 heterocycles. The Labute approximate surface area is 104 Å². The molecule has 0 fully saturated rings. The summed E-state index contributed by atoms with van der Waals surface area (Å²) in [5, 5.41) is 6.39. The van der Waals surface area contributed by atoms with Gasteiger partial charge < -0.3 is 9.84 Å². The lowest BCUT2D eigenvalue weighted by atomic mass is 10.1. The Hall–Kier alpha value is -2.17. The lowest BCUT2D eigenvalue weighted by Gasteiger charge is -2.05. The topological polar surface area (TPSA) is 55.1 Å². The van der Waals surface area contributed by atoms with Gasteiger partial charge in [0.2, 0.25) is 0 Å². The Kier molecular flexibility index (Phi) is 3.14. The summed E-state index contributed by atoms with van der Waals surface area (Å²) in [5.74, 6) is -0.266. The number of hydrogen-bond acceptors (Lipinski definition) is 3. The van der Waals surface area contributed by atoms with E-state index in [1.807, 2.05) is 0 Å². The third kappa shape index (κ3) is 2.25. The van der Waals surface area contributed by atoms with Crippen LogP contribution < -0.4 is 5.32 Å². The maximum absolute atomic E-state index is 13.4. The number of nitrogens with one attached hydrogen (secondary N) is 1. The minimum Gasteiger partial charge on any atom is -0.359 e. The fourth-order valence-corrected chi connectivity index (χ4v) is 1.58. The third-order valence-corrected chi connectivity index (χ3v) is 2.71. The van der Waals surface area contributed by atoms with Gasteiger partial charge in [-0.15, -0.1) is 0 Å². The summed E-state index contributed by atoms with van der Waals surface area (Å²) >= 11 is 0. The van der Waals surface area contributed by atoms with Gasteiger partial charge in [0.1, 0.15) is 17.2 Å². The summed E-state index contributed by atoms with van der Waals surface area (Å²) < 4.78 is 18.3. The zero-order valence-corrected chi connectivity index (χ0v) is 10.4. The fourth-order valence-electron chi connectivity index (χ4n) is 1.58. The SMILES string of the molecule is Cc1ccc(C(=O)Nc2c(C)noc2C)cc1F. The monoisotopic (exact) mass is 248 g/mol. The Bertz CT molecular complexity index is 586. The molecular weight excluding hydrogens is 235 g/mol. The summed E-state index contributed by atoms with van der Waals surface area (Å²) in [4.78, 5) is 11.9. The average Bonchev–Trinajstić information content (AvgIpc) is 2.64. The number of carbonyl (C=O) groups excluding carboxylic acids is 1. The van der Waals surface area contributed by atoms with E-state index in [9.17, 15) is 9.18 Å². The zero-order chi connectivity index (χ0) is 13.3. The van der Waals surface area contributed by atoms with E-state index >= 15 is 0 Å². The Morgan fingerprint density at radius 2 is 2.06 bits per heavy atom. The molecule has 0 saturated carbocycles. The van der Waals surface area contributed by atoms with Crippen molar-refractivity contribution < 1.29 is 13.7 Å². The minimum absolute atomic E-state index is 0.262. The van der Waals surface area contributed by atoms with Crippen LogP contribution in [0.3, 0.4) is 0 Å². The lowest BCUT2D eigenvalue weighted by Crippen LogP contribution is -2.13. The molecule has 4 nitrogen and oxygen atoms in total. The van der Waals surface area contributed by atoms with Crippen molar-refractivity contribution in [2.45, 2.75) is 20.8 Å². The molecule has 18 heavy (non-hydrogen) atoms. The largest absolute Gasteiger partial charge is 0.359 e. The van der Waals surface area contributed by atoms with E-state index in [-0.39, 0.29) is 11.5 Å². The predicted octanol–water partition coefficient (Wildman–Crippen LogP) is 2.99. The van der Waals surface area contributed by atoms with Gasteiger partial charge in [-0.25, -0.2) is 4.39 Å². The first kappa shape index (κ1) is 12.3. The number of carbonyl (C=O) groups is 1. The van der Waals surface area contributed by atoms with Gasteiger partial charge in [-0.3, -0.25) is 4.79 Å². The van der Waals surface area contributed by atoms with Gasteiger partial charge in [0.15, 0.2) is 5.76 Å². The number of nitrogens with zero attached hydrogens (tertiary/aromatic N) is 1. The highest BCUT2D eigenvalue weighted by molar-refractivity contribution is 6.04. The van der Waals surface area contributed by atoms with Crippen LogP contribution in [-0.2, 0) is 0 Å². The third-order valence-electron chi connectivity index (χ3n) is 2.71. The molecule has 0 aliphatic heterocycles. The van der Waals surface area contributed by atoms with Crippen LogP contribution in [0.5, 0.6) is 0 Å². The number of halogens is 1. The molecule has 0 unspecified atom stereocenters. The molecule has 1 aromatic heterocycles. The number of benzene rings is 1. The summed E-state index contributed by atoms with van der Waals surface area (Å²) in [5.41, 5.74) is 1.89. The molecule has 0 aliphatic rings. The van der Waals surface area contributed by atoms with E-state index < -0.39 is 5.82 Å². The standard InChI is InChI=1S/C13H13FN2O2/c1-7-4-5-10(6-11(7)14)13(17)15-12-8(2)16-18-9(12)3/h4-6H,1-3H3,(H,15,17). The van der Waals surface area contributed by atoms with Gasteiger partial charge in [0.05, 0.1) is 0 Å². The van der Waals surface area contributed by atoms with Crippen molar-refractivity contribution in [1.82, 2.24) is 5.16 Å². The Morgan fingerprint density at radius 3 is 2.61 bits per heavy atom. The molecular formula is C13H13FN2O2. The van der Waals surface area contributed by atoms with Crippen LogP contribution in [0.2, 0.25) is 0 Å². The maximum atomic E-state index is 13.4. The normalized spacial score (nSPS) is 10.4. The zero-order valence-electron chi connectivity index (χ0n) is 10.4. The van der Waals surface area contributed by atoms with Gasteiger partial charge in [0, 0.05) is 5.56 Å². The number of aromatic nitrogens is 1. The molecule has 94 valence electrons. The van der Waals surface area contributed by atoms with Crippen molar-refractivity contribution in [2.24, 2.45) is 0 Å². The van der Waals surface area contributed by atoms with Crippen molar-refractivity contribution in [2.75, 3.05) is 5.32 Å². The highest BCUT2D eigenvalue weighted by atomic mass is 19.1. The first-order valence-corrected chi connectivity index (χ1v) is 5.49. The molecule has 1 N–H and O–H groups in total. The molecule has 0 radical (unpaired) electrons. The molecule has 0 saturated heterocycles. The minimum atomic E-state index is -0.401. The van der Waals surface area contributed by atoms with E-state index in [2.05, 4.69) is 10.5 Å². The van der Waals surface area contributed by atoms with Crippen LogP contribution in [0.1, 0.15) is 27.4 Å². The van der Waals surface area contributed by atoms with Crippen molar-refractivity contribution in [3.05, 3.63) is 46.6 Å². The summed E-state index contributed by atoms with van der Waals surface area (Å²) in [6, 6.07) is 4.35. The van der Waals surface area contributed by atoms with Gasteiger partial charge in [-0.1, -0.05) is 11.2 Å². The molecule has 2 aromatic rings. The Balaban J connectivity index is 2.25. The summed E-state index contributed by atoms with van der Waals surface area (Å²) in [7, 11) is 0. The van der Waals surface area contributed by atoms with Crippen LogP contribution in [0.15, 0.2) is 22.7 Å². The smallest absolute Gasteiger partial charge is 0.255 e. The van der Waals surface area contributed by atoms with Gasteiger partial charge in [-0.2, -0.15) is 0 Å². The van der Waals surface area contributed by atoms with E-state index in [4.69, 9.17) is 4.52 Å². The van der Waals surface area contributed by atoms with Crippen molar-refractivity contribution in [3.8, 4) is 0 Å². The average molecular weight is 248 g/mol. The first-order chi connectivity index (χ1) is 8.49.